The van der Waals surface area contributed by atoms with E-state index < -0.39 is 5.41 Å². The van der Waals surface area contributed by atoms with Gasteiger partial charge in [0.05, 0.1) is 26.8 Å². The molecule has 1 aliphatic carbocycles. The van der Waals surface area contributed by atoms with Gasteiger partial charge in [0, 0.05) is 43.3 Å². The maximum atomic E-state index is 2.47. The fourth-order valence-electron chi connectivity index (χ4n) is 10.7. The second-order valence-corrected chi connectivity index (χ2v) is 17.9. The van der Waals surface area contributed by atoms with Crippen molar-refractivity contribution in [2.24, 2.45) is 0 Å². The van der Waals surface area contributed by atoms with Gasteiger partial charge in [0.15, 0.2) is 0 Å². The van der Waals surface area contributed by atoms with Crippen molar-refractivity contribution < 1.29 is 0 Å². The van der Waals surface area contributed by atoms with E-state index in [1.807, 2.05) is 11.3 Å². The molecule has 13 rings (SSSR count). The van der Waals surface area contributed by atoms with Crippen LogP contribution in [0.5, 0.6) is 0 Å². The van der Waals surface area contributed by atoms with Gasteiger partial charge >= 0.3 is 0 Å². The van der Waals surface area contributed by atoms with Crippen molar-refractivity contribution in [2.45, 2.75) is 5.41 Å². The Labute approximate surface area is 376 Å². The maximum Gasteiger partial charge on any atom is 0.0713 e. The number of para-hydroxylation sites is 2. The number of nitrogens with zero attached hydrogens (tertiary/aromatic N) is 2. The van der Waals surface area contributed by atoms with Crippen LogP contribution in [0.4, 0.5) is 17.1 Å². The predicted molar refractivity (Wildman–Crippen MR) is 271 cm³/mol. The summed E-state index contributed by atoms with van der Waals surface area (Å²) in [5.74, 6) is 0. The first-order valence-corrected chi connectivity index (χ1v) is 22.8. The van der Waals surface area contributed by atoms with Crippen molar-refractivity contribution in [3.05, 3.63) is 265 Å². The molecule has 12 aromatic rings. The summed E-state index contributed by atoms with van der Waals surface area (Å²) in [6, 6.07) is 89.4. The summed E-state index contributed by atoms with van der Waals surface area (Å²) in [4.78, 5) is 2.47. The van der Waals surface area contributed by atoms with Crippen molar-refractivity contribution in [3.8, 4) is 27.9 Å². The molecule has 0 N–H and O–H groups in total. The van der Waals surface area contributed by atoms with Crippen LogP contribution in [0.2, 0.25) is 0 Å². The summed E-state index contributed by atoms with van der Waals surface area (Å²) < 4.78 is 4.95. The molecule has 1 aliphatic rings. The molecule has 0 saturated carbocycles. The molecule has 3 heteroatoms. The van der Waals surface area contributed by atoms with E-state index in [9.17, 15) is 0 Å². The zero-order valence-electron chi connectivity index (χ0n) is 34.9. The third-order valence-electron chi connectivity index (χ3n) is 13.5. The number of hydrogen-bond acceptors (Lipinski definition) is 2. The van der Waals surface area contributed by atoms with E-state index in [1.165, 1.54) is 92.2 Å². The minimum Gasteiger partial charge on any atom is -0.309 e. The number of anilines is 3. The van der Waals surface area contributed by atoms with E-state index >= 15 is 0 Å². The lowest BCUT2D eigenvalue weighted by Gasteiger charge is -2.34. The zero-order chi connectivity index (χ0) is 42.2. The molecular weight excluding hydrogens is 793 g/mol. The van der Waals surface area contributed by atoms with Gasteiger partial charge < -0.3 is 9.47 Å². The van der Waals surface area contributed by atoms with Crippen LogP contribution in [-0.4, -0.2) is 4.57 Å². The quantitative estimate of drug-likeness (QED) is 0.155. The van der Waals surface area contributed by atoms with Crippen LogP contribution in [0.3, 0.4) is 0 Å². The molecule has 300 valence electrons. The fourth-order valence-corrected chi connectivity index (χ4v) is 11.9. The molecule has 2 nitrogen and oxygen atoms in total. The van der Waals surface area contributed by atoms with Crippen molar-refractivity contribution in [3.63, 3.8) is 0 Å². The molecule has 0 spiro atoms. The molecule has 10 aromatic carbocycles. The highest BCUT2D eigenvalue weighted by Gasteiger charge is 2.46. The fraction of sp³-hybridized carbons (Fsp3) is 0.0164. The highest BCUT2D eigenvalue weighted by atomic mass is 32.1. The molecule has 0 unspecified atom stereocenters. The van der Waals surface area contributed by atoms with E-state index in [-0.39, 0.29) is 0 Å². The number of benzene rings is 10. The summed E-state index contributed by atoms with van der Waals surface area (Å²) in [6.07, 6.45) is 0. The van der Waals surface area contributed by atoms with Crippen LogP contribution in [0, 0.1) is 0 Å². The molecule has 0 radical (unpaired) electrons. The van der Waals surface area contributed by atoms with Gasteiger partial charge in [0.25, 0.3) is 0 Å². The Balaban J connectivity index is 0.961. The van der Waals surface area contributed by atoms with E-state index in [0.29, 0.717) is 0 Å². The number of rotatable bonds is 7. The van der Waals surface area contributed by atoms with Crippen LogP contribution in [0.25, 0.3) is 69.9 Å². The van der Waals surface area contributed by atoms with E-state index in [2.05, 4.69) is 252 Å². The van der Waals surface area contributed by atoms with Gasteiger partial charge in [0.1, 0.15) is 0 Å². The minimum atomic E-state index is -0.456. The van der Waals surface area contributed by atoms with E-state index in [0.717, 1.165) is 17.1 Å². The molecule has 0 fully saturated rings. The monoisotopic (exact) mass is 832 g/mol. The molecule has 2 heterocycles. The van der Waals surface area contributed by atoms with Crippen molar-refractivity contribution in [2.75, 3.05) is 4.90 Å². The van der Waals surface area contributed by atoms with Gasteiger partial charge in [-0.3, -0.25) is 0 Å². The SMILES string of the molecule is c1ccc(C2(c3ccccc3)c3ccccc3-c3cc(N(c4ccc(-c5ccc(-n6c7ccccc7c7ccccc76)cc5)cc4)c4cccc5c4sc4ccccc45)ccc32)cc1. The Morgan fingerprint density at radius 1 is 0.375 bits per heavy atom. The summed E-state index contributed by atoms with van der Waals surface area (Å²) in [5.41, 5.74) is 16.6. The largest absolute Gasteiger partial charge is 0.309 e. The predicted octanol–water partition coefficient (Wildman–Crippen LogP) is 16.7. The zero-order valence-corrected chi connectivity index (χ0v) is 35.7. The highest BCUT2D eigenvalue weighted by Crippen LogP contribution is 2.57. The Bertz CT molecular complexity index is 3620. The first kappa shape index (κ1) is 36.7. The highest BCUT2D eigenvalue weighted by molar-refractivity contribution is 7.26. The van der Waals surface area contributed by atoms with Crippen molar-refractivity contribution in [1.29, 1.82) is 0 Å². The topological polar surface area (TPSA) is 8.17 Å². The lowest BCUT2D eigenvalue weighted by atomic mass is 9.68. The Morgan fingerprint density at radius 3 is 1.59 bits per heavy atom. The Kier molecular flexibility index (Phi) is 8.34. The summed E-state index contributed by atoms with van der Waals surface area (Å²) in [6.45, 7) is 0. The molecule has 64 heavy (non-hydrogen) atoms. The maximum absolute atomic E-state index is 2.47. The smallest absolute Gasteiger partial charge is 0.0713 e. The molecule has 0 bridgehead atoms. The van der Waals surface area contributed by atoms with Gasteiger partial charge in [-0.05, 0) is 105 Å². The van der Waals surface area contributed by atoms with Crippen LogP contribution >= 0.6 is 11.3 Å². The van der Waals surface area contributed by atoms with Crippen LogP contribution < -0.4 is 4.90 Å². The third kappa shape index (κ3) is 5.44. The van der Waals surface area contributed by atoms with Crippen molar-refractivity contribution >= 4 is 70.4 Å². The molecule has 0 aliphatic heterocycles. The van der Waals surface area contributed by atoms with Gasteiger partial charge in [-0.25, -0.2) is 0 Å². The number of thiophene rings is 1. The molecule has 0 amide bonds. The van der Waals surface area contributed by atoms with Gasteiger partial charge in [-0.2, -0.15) is 0 Å². The minimum absolute atomic E-state index is 0.456. The van der Waals surface area contributed by atoms with Crippen LogP contribution in [0.1, 0.15) is 22.3 Å². The normalized spacial score (nSPS) is 12.8. The summed E-state index contributed by atoms with van der Waals surface area (Å²) in [5, 5.41) is 5.12. The standard InChI is InChI=1S/C61H40N2S/c1-3-16-43(17-4-1)61(44-18-5-2-6-19-44)54-25-11-7-20-48(54)53-40-47(38-39-55(53)61)62(58-28-15-24-52-51-23-10-14-29-59(51)64-60(52)58)45-34-30-41(31-35-45)42-32-36-46(37-33-42)63-56-26-12-8-21-49(56)50-22-9-13-27-57(50)63/h1-40H. The average Bonchev–Trinajstić information content (AvgIpc) is 4.02. The molecular formula is C61H40N2S. The number of fused-ring (bicyclic) bond motifs is 9. The van der Waals surface area contributed by atoms with E-state index in [4.69, 9.17) is 0 Å². The van der Waals surface area contributed by atoms with E-state index in [1.54, 1.807) is 0 Å². The van der Waals surface area contributed by atoms with Crippen LogP contribution in [-0.2, 0) is 5.41 Å². The Hall–Kier alpha value is -7.98. The van der Waals surface area contributed by atoms with Gasteiger partial charge in [-0.15, -0.1) is 11.3 Å². The molecule has 2 aromatic heterocycles. The summed E-state index contributed by atoms with van der Waals surface area (Å²) in [7, 11) is 0. The molecule has 0 atom stereocenters. The number of hydrogen-bond donors (Lipinski definition) is 0. The number of aromatic nitrogens is 1. The summed E-state index contributed by atoms with van der Waals surface area (Å²) >= 11 is 1.87. The third-order valence-corrected chi connectivity index (χ3v) is 14.7. The molecule has 0 saturated heterocycles. The lowest BCUT2D eigenvalue weighted by Crippen LogP contribution is -2.28. The van der Waals surface area contributed by atoms with Crippen molar-refractivity contribution in [1.82, 2.24) is 4.57 Å². The second kappa shape index (κ2) is 14.6. The average molecular weight is 833 g/mol. The van der Waals surface area contributed by atoms with Gasteiger partial charge in [0.2, 0.25) is 0 Å². The second-order valence-electron chi connectivity index (χ2n) is 16.8. The first-order chi connectivity index (χ1) is 31.8. The Morgan fingerprint density at radius 2 is 0.906 bits per heavy atom. The van der Waals surface area contributed by atoms with Gasteiger partial charge in [-0.1, -0.05) is 182 Å². The van der Waals surface area contributed by atoms with Crippen LogP contribution in [0.15, 0.2) is 243 Å². The lowest BCUT2D eigenvalue weighted by molar-refractivity contribution is 0.768. The first-order valence-electron chi connectivity index (χ1n) is 22.0.